The number of hydrogen-bond donors (Lipinski definition) is 0. The van der Waals surface area contributed by atoms with Gasteiger partial charge in [-0.2, -0.15) is 0 Å². The van der Waals surface area contributed by atoms with E-state index < -0.39 is 0 Å². The zero-order valence-corrected chi connectivity index (χ0v) is 12.3. The second-order valence-corrected chi connectivity index (χ2v) is 5.72. The minimum Gasteiger partial charge on any atom is -0.341 e. The molecule has 1 fully saturated rings. The van der Waals surface area contributed by atoms with Crippen molar-refractivity contribution in [2.45, 2.75) is 25.8 Å². The molecule has 1 aromatic heterocycles. The van der Waals surface area contributed by atoms with Crippen molar-refractivity contribution >= 4 is 28.4 Å². The van der Waals surface area contributed by atoms with Gasteiger partial charge < -0.3 is 4.90 Å². The number of rotatable bonds is 2. The van der Waals surface area contributed by atoms with Crippen molar-refractivity contribution in [1.82, 2.24) is 14.5 Å². The van der Waals surface area contributed by atoms with E-state index >= 15 is 0 Å². The van der Waals surface area contributed by atoms with Gasteiger partial charge in [0.15, 0.2) is 0 Å². The lowest BCUT2D eigenvalue weighted by Crippen LogP contribution is -2.39. The molecule has 5 nitrogen and oxygen atoms in total. The SMILES string of the molecule is O=C(Cn1cnc2ccc(Cl)cc2c1=O)N1CCCCC1. The molecule has 2 heterocycles. The summed E-state index contributed by atoms with van der Waals surface area (Å²) in [6.07, 6.45) is 4.67. The monoisotopic (exact) mass is 305 g/mol. The number of likely N-dealkylation sites (tertiary alicyclic amines) is 1. The van der Waals surface area contributed by atoms with Crippen LogP contribution in [0, 0.1) is 0 Å². The second kappa shape index (κ2) is 5.85. The lowest BCUT2D eigenvalue weighted by Gasteiger charge is -2.26. The van der Waals surface area contributed by atoms with Crippen molar-refractivity contribution in [3.05, 3.63) is 39.9 Å². The van der Waals surface area contributed by atoms with Gasteiger partial charge in [-0.25, -0.2) is 4.98 Å². The molecule has 1 aliphatic heterocycles. The summed E-state index contributed by atoms with van der Waals surface area (Å²) < 4.78 is 1.36. The van der Waals surface area contributed by atoms with Crippen LogP contribution < -0.4 is 5.56 Å². The number of nitrogens with zero attached hydrogens (tertiary/aromatic N) is 3. The number of benzene rings is 1. The van der Waals surface area contributed by atoms with Crippen LogP contribution in [0.3, 0.4) is 0 Å². The highest BCUT2D eigenvalue weighted by Crippen LogP contribution is 2.14. The van der Waals surface area contributed by atoms with E-state index in [1.54, 1.807) is 18.2 Å². The number of aromatic nitrogens is 2. The molecule has 0 aliphatic carbocycles. The Kier molecular flexibility index (Phi) is 3.92. The molecule has 1 aliphatic rings. The molecule has 0 N–H and O–H groups in total. The van der Waals surface area contributed by atoms with E-state index in [4.69, 9.17) is 11.6 Å². The van der Waals surface area contributed by atoms with Gasteiger partial charge in [0, 0.05) is 18.1 Å². The molecular formula is C15H16ClN3O2. The predicted molar refractivity (Wildman–Crippen MR) is 81.4 cm³/mol. The first-order chi connectivity index (χ1) is 10.1. The van der Waals surface area contributed by atoms with Crippen LogP contribution in [0.15, 0.2) is 29.3 Å². The second-order valence-electron chi connectivity index (χ2n) is 5.28. The summed E-state index contributed by atoms with van der Waals surface area (Å²) in [5, 5.41) is 0.929. The number of amides is 1. The van der Waals surface area contributed by atoms with E-state index in [0.29, 0.717) is 15.9 Å². The normalized spacial score (nSPS) is 15.4. The Balaban J connectivity index is 1.88. The van der Waals surface area contributed by atoms with E-state index in [-0.39, 0.29) is 18.0 Å². The fraction of sp³-hybridized carbons (Fsp3) is 0.400. The first-order valence-electron chi connectivity index (χ1n) is 7.07. The van der Waals surface area contributed by atoms with Crippen LogP contribution in [-0.4, -0.2) is 33.4 Å². The summed E-state index contributed by atoms with van der Waals surface area (Å²) in [5.41, 5.74) is 0.360. The summed E-state index contributed by atoms with van der Waals surface area (Å²) in [5.74, 6) is -0.0278. The van der Waals surface area contributed by atoms with Gasteiger partial charge in [-0.05, 0) is 37.5 Å². The quantitative estimate of drug-likeness (QED) is 0.853. The van der Waals surface area contributed by atoms with Gasteiger partial charge >= 0.3 is 0 Å². The summed E-state index contributed by atoms with van der Waals surface area (Å²) in [6, 6.07) is 4.99. The Labute approximate surface area is 127 Å². The van der Waals surface area contributed by atoms with Gasteiger partial charge in [0.25, 0.3) is 5.56 Å². The molecule has 1 amide bonds. The summed E-state index contributed by atoms with van der Waals surface area (Å²) in [7, 11) is 0. The number of carbonyl (C=O) groups excluding carboxylic acids is 1. The Morgan fingerprint density at radius 3 is 2.76 bits per heavy atom. The van der Waals surface area contributed by atoms with E-state index in [1.165, 1.54) is 17.3 Å². The highest BCUT2D eigenvalue weighted by atomic mass is 35.5. The lowest BCUT2D eigenvalue weighted by molar-refractivity contribution is -0.132. The minimum atomic E-state index is -0.229. The highest BCUT2D eigenvalue weighted by Gasteiger charge is 2.17. The van der Waals surface area contributed by atoms with Gasteiger partial charge in [-0.3, -0.25) is 14.2 Å². The molecule has 1 saturated heterocycles. The number of hydrogen-bond acceptors (Lipinski definition) is 3. The average molecular weight is 306 g/mol. The largest absolute Gasteiger partial charge is 0.341 e. The van der Waals surface area contributed by atoms with E-state index in [0.717, 1.165) is 25.9 Å². The molecule has 0 radical (unpaired) electrons. The maximum absolute atomic E-state index is 12.4. The number of fused-ring (bicyclic) bond motifs is 1. The van der Waals surface area contributed by atoms with Gasteiger partial charge in [0.1, 0.15) is 6.54 Å². The zero-order chi connectivity index (χ0) is 14.8. The van der Waals surface area contributed by atoms with Gasteiger partial charge in [-0.1, -0.05) is 11.6 Å². The lowest BCUT2D eigenvalue weighted by atomic mass is 10.1. The molecule has 1 aromatic carbocycles. The molecule has 0 saturated carbocycles. The Bertz CT molecular complexity index is 735. The van der Waals surface area contributed by atoms with Crippen LogP contribution in [0.1, 0.15) is 19.3 Å². The number of carbonyl (C=O) groups is 1. The molecule has 21 heavy (non-hydrogen) atoms. The number of halogens is 1. The molecule has 3 rings (SSSR count). The molecule has 0 spiro atoms. The van der Waals surface area contributed by atoms with Crippen LogP contribution in [0.5, 0.6) is 0 Å². The molecule has 6 heteroatoms. The number of piperidine rings is 1. The van der Waals surface area contributed by atoms with E-state index in [9.17, 15) is 9.59 Å². The molecule has 0 atom stereocenters. The maximum Gasteiger partial charge on any atom is 0.261 e. The molecule has 0 unspecified atom stereocenters. The standard InChI is InChI=1S/C15H16ClN3O2/c16-11-4-5-13-12(8-11)15(21)19(10-17-13)9-14(20)18-6-2-1-3-7-18/h4-5,8,10H,1-3,6-7,9H2. The van der Waals surface area contributed by atoms with Crippen molar-refractivity contribution in [3.63, 3.8) is 0 Å². The van der Waals surface area contributed by atoms with Crippen molar-refractivity contribution in [1.29, 1.82) is 0 Å². The minimum absolute atomic E-state index is 0.0278. The van der Waals surface area contributed by atoms with Crippen LogP contribution in [0.4, 0.5) is 0 Å². The van der Waals surface area contributed by atoms with Gasteiger partial charge in [0.05, 0.1) is 17.2 Å². The molecule has 2 aromatic rings. The third-order valence-corrected chi connectivity index (χ3v) is 4.04. The molecular weight excluding hydrogens is 290 g/mol. The highest BCUT2D eigenvalue weighted by molar-refractivity contribution is 6.31. The molecule has 110 valence electrons. The van der Waals surface area contributed by atoms with Crippen LogP contribution >= 0.6 is 11.6 Å². The van der Waals surface area contributed by atoms with Crippen molar-refractivity contribution in [2.75, 3.05) is 13.1 Å². The van der Waals surface area contributed by atoms with E-state index in [2.05, 4.69) is 4.98 Å². The first-order valence-corrected chi connectivity index (χ1v) is 7.45. The van der Waals surface area contributed by atoms with Crippen molar-refractivity contribution in [3.8, 4) is 0 Å². The fourth-order valence-electron chi connectivity index (χ4n) is 2.63. The Morgan fingerprint density at radius 1 is 1.24 bits per heavy atom. The van der Waals surface area contributed by atoms with Crippen molar-refractivity contribution in [2.24, 2.45) is 0 Å². The smallest absolute Gasteiger partial charge is 0.261 e. The van der Waals surface area contributed by atoms with Gasteiger partial charge in [0.2, 0.25) is 5.91 Å². The zero-order valence-electron chi connectivity index (χ0n) is 11.6. The van der Waals surface area contributed by atoms with Crippen LogP contribution in [0.25, 0.3) is 10.9 Å². The summed E-state index contributed by atoms with van der Waals surface area (Å²) in [6.45, 7) is 1.59. The first kappa shape index (κ1) is 14.1. The van der Waals surface area contributed by atoms with Crippen LogP contribution in [-0.2, 0) is 11.3 Å². The van der Waals surface area contributed by atoms with E-state index in [1.807, 2.05) is 4.90 Å². The summed E-state index contributed by atoms with van der Waals surface area (Å²) in [4.78, 5) is 30.7. The third-order valence-electron chi connectivity index (χ3n) is 3.80. The maximum atomic E-state index is 12.4. The van der Waals surface area contributed by atoms with Crippen molar-refractivity contribution < 1.29 is 4.79 Å². The molecule has 0 bridgehead atoms. The van der Waals surface area contributed by atoms with Gasteiger partial charge in [-0.15, -0.1) is 0 Å². The van der Waals surface area contributed by atoms with Crippen LogP contribution in [0.2, 0.25) is 5.02 Å². The summed E-state index contributed by atoms with van der Waals surface area (Å²) >= 11 is 5.92. The Morgan fingerprint density at radius 2 is 2.00 bits per heavy atom. The fourth-order valence-corrected chi connectivity index (χ4v) is 2.80. The topological polar surface area (TPSA) is 55.2 Å². The Hall–Kier alpha value is -1.88. The third kappa shape index (κ3) is 2.93. The predicted octanol–water partition coefficient (Wildman–Crippen LogP) is 2.06. The average Bonchev–Trinajstić information content (AvgIpc) is 2.51.